The molecule has 10 heteroatoms. The molecule has 0 radical (unpaired) electrons. The van der Waals surface area contributed by atoms with Crippen LogP contribution in [0.4, 0.5) is 5.82 Å². The van der Waals surface area contributed by atoms with Gasteiger partial charge in [0.25, 0.3) is 0 Å². The minimum atomic E-state index is -2.03. The average molecular weight is 331 g/mol. The van der Waals surface area contributed by atoms with E-state index in [9.17, 15) is 20.1 Å². The third kappa shape index (κ3) is 2.67. The molecule has 1 saturated heterocycles. The first-order valence-corrected chi connectivity index (χ1v) is 6.73. The van der Waals surface area contributed by atoms with Crippen LogP contribution in [0, 0.1) is 17.2 Å². The van der Waals surface area contributed by atoms with Crippen molar-refractivity contribution in [3.63, 3.8) is 0 Å². The molecule has 0 bridgehead atoms. The number of aliphatic hydroxyl groups is 3. The van der Waals surface area contributed by atoms with E-state index >= 15 is 0 Å². The molecule has 1 aromatic heterocycles. The molecule has 22 heavy (non-hydrogen) atoms. The number of hydrogen-bond acceptors (Lipinski definition) is 8. The molecule has 2 heterocycles. The Bertz CT molecular complexity index is 669. The molecule has 0 amide bonds. The van der Waals surface area contributed by atoms with Crippen molar-refractivity contribution in [2.45, 2.75) is 31.0 Å². The number of nitrogens with zero attached hydrogens (tertiary/aromatic N) is 3. The standard InChI is InChI=1S/C12H15ClN4O5/c1-6(19)9-7(5-18)12(21,2-3-13)10(22-9)17-11(20)16-8(14)4-15-17/h4,6-7,9-10,18-19,21H,5H2,1H3,(H2,14,16,20)/t6-,7?,9-,10-,12?/m1/s1. The molecule has 5 N–H and O–H groups in total. The van der Waals surface area contributed by atoms with E-state index in [2.05, 4.69) is 16.0 Å². The Kier molecular flexibility index (Phi) is 4.69. The first kappa shape index (κ1) is 16.7. The summed E-state index contributed by atoms with van der Waals surface area (Å²) in [6, 6.07) is 0. The van der Waals surface area contributed by atoms with E-state index in [0.29, 0.717) is 0 Å². The molecule has 9 nitrogen and oxygen atoms in total. The van der Waals surface area contributed by atoms with Gasteiger partial charge in [-0.1, -0.05) is 0 Å². The van der Waals surface area contributed by atoms with Gasteiger partial charge in [-0.25, -0.2) is 4.79 Å². The van der Waals surface area contributed by atoms with Crippen molar-refractivity contribution < 1.29 is 20.1 Å². The van der Waals surface area contributed by atoms with Gasteiger partial charge < -0.3 is 25.8 Å². The van der Waals surface area contributed by atoms with Crippen molar-refractivity contribution in [1.82, 2.24) is 14.8 Å². The van der Waals surface area contributed by atoms with Crippen LogP contribution in [-0.2, 0) is 4.74 Å². The van der Waals surface area contributed by atoms with Gasteiger partial charge in [-0.05, 0) is 24.4 Å². The van der Waals surface area contributed by atoms with Crippen molar-refractivity contribution in [3.05, 3.63) is 16.7 Å². The summed E-state index contributed by atoms with van der Waals surface area (Å²) in [5, 5.41) is 35.8. The minimum absolute atomic E-state index is 0.100. The van der Waals surface area contributed by atoms with Gasteiger partial charge >= 0.3 is 5.69 Å². The fraction of sp³-hybridized carbons (Fsp3) is 0.583. The molecule has 0 aliphatic carbocycles. The topological polar surface area (TPSA) is 144 Å². The lowest BCUT2D eigenvalue weighted by Gasteiger charge is -2.27. The predicted molar refractivity (Wildman–Crippen MR) is 75.4 cm³/mol. The molecule has 0 spiro atoms. The van der Waals surface area contributed by atoms with Crippen LogP contribution in [0.1, 0.15) is 13.2 Å². The Morgan fingerprint density at radius 3 is 2.86 bits per heavy atom. The van der Waals surface area contributed by atoms with E-state index in [1.54, 1.807) is 0 Å². The zero-order chi connectivity index (χ0) is 16.5. The molecule has 5 atom stereocenters. The molecule has 1 fully saturated rings. The van der Waals surface area contributed by atoms with Crippen molar-refractivity contribution in [1.29, 1.82) is 0 Å². The Morgan fingerprint density at radius 2 is 2.36 bits per heavy atom. The predicted octanol–water partition coefficient (Wildman–Crippen LogP) is -1.96. The van der Waals surface area contributed by atoms with Crippen molar-refractivity contribution >= 4 is 17.4 Å². The second kappa shape index (κ2) is 6.20. The van der Waals surface area contributed by atoms with Gasteiger partial charge in [0.15, 0.2) is 11.8 Å². The smallest absolute Gasteiger partial charge is 0.368 e. The monoisotopic (exact) mass is 330 g/mol. The number of ether oxygens (including phenoxy) is 1. The molecule has 1 aliphatic rings. The second-order valence-corrected chi connectivity index (χ2v) is 5.12. The molecular weight excluding hydrogens is 316 g/mol. The van der Waals surface area contributed by atoms with Crippen molar-refractivity contribution in [3.8, 4) is 11.3 Å². The summed E-state index contributed by atoms with van der Waals surface area (Å²) in [6.07, 6.45) is -2.33. The lowest BCUT2D eigenvalue weighted by molar-refractivity contribution is -0.0945. The number of rotatable bonds is 3. The lowest BCUT2D eigenvalue weighted by Crippen LogP contribution is -2.47. The number of aliphatic hydroxyl groups excluding tert-OH is 2. The second-order valence-electron chi connectivity index (χ2n) is 4.94. The summed E-state index contributed by atoms with van der Waals surface area (Å²) in [6.45, 7) is 0.868. The molecule has 0 saturated carbocycles. The Balaban J connectivity index is 2.57. The van der Waals surface area contributed by atoms with Gasteiger partial charge in [0, 0.05) is 5.38 Å². The number of nitrogens with two attached hydrogens (primary N) is 1. The largest absolute Gasteiger partial charge is 0.396 e. The van der Waals surface area contributed by atoms with Crippen molar-refractivity contribution in [2.24, 2.45) is 5.92 Å². The van der Waals surface area contributed by atoms with E-state index in [1.807, 2.05) is 5.38 Å². The van der Waals surface area contributed by atoms with Gasteiger partial charge in [0.1, 0.15) is 5.82 Å². The zero-order valence-electron chi connectivity index (χ0n) is 11.5. The molecular formula is C12H15ClN4O5. The Morgan fingerprint density at radius 1 is 1.68 bits per heavy atom. The maximum Gasteiger partial charge on any atom is 0.368 e. The van der Waals surface area contributed by atoms with E-state index in [4.69, 9.17) is 22.1 Å². The SMILES string of the molecule is C[C@@H](O)[C@H]1O[C@@H](n2ncc(N)nc2=O)C(O)(C#CCl)C1CO. The zero-order valence-corrected chi connectivity index (χ0v) is 12.3. The molecule has 1 aromatic rings. The van der Waals surface area contributed by atoms with Crippen LogP contribution in [-0.4, -0.2) is 54.5 Å². The van der Waals surface area contributed by atoms with Gasteiger partial charge in [0.05, 0.1) is 30.9 Å². The highest BCUT2D eigenvalue weighted by Gasteiger charge is 2.58. The average Bonchev–Trinajstić information content (AvgIpc) is 2.72. The van der Waals surface area contributed by atoms with Gasteiger partial charge in [-0.2, -0.15) is 14.8 Å². The lowest BCUT2D eigenvalue weighted by atomic mass is 9.84. The highest BCUT2D eigenvalue weighted by Crippen LogP contribution is 2.42. The summed E-state index contributed by atoms with van der Waals surface area (Å²) >= 11 is 5.37. The van der Waals surface area contributed by atoms with Crippen LogP contribution < -0.4 is 11.4 Å². The fourth-order valence-electron chi connectivity index (χ4n) is 2.47. The number of halogens is 1. The number of nitrogen functional groups attached to an aromatic ring is 1. The summed E-state index contributed by atoms with van der Waals surface area (Å²) in [7, 11) is 0. The maximum absolute atomic E-state index is 11.9. The van der Waals surface area contributed by atoms with Crippen molar-refractivity contribution in [2.75, 3.05) is 12.3 Å². The fourth-order valence-corrected chi connectivity index (χ4v) is 2.62. The highest BCUT2D eigenvalue weighted by atomic mass is 35.5. The van der Waals surface area contributed by atoms with Crippen LogP contribution in [0.2, 0.25) is 0 Å². The first-order valence-electron chi connectivity index (χ1n) is 6.36. The Labute approximate surface area is 130 Å². The van der Waals surface area contributed by atoms with Crippen LogP contribution in [0.5, 0.6) is 0 Å². The van der Waals surface area contributed by atoms with Gasteiger partial charge in [-0.3, -0.25) is 0 Å². The number of aromatic nitrogens is 3. The highest BCUT2D eigenvalue weighted by molar-refractivity contribution is 6.30. The Hall–Kier alpha value is -1.70. The van der Waals surface area contributed by atoms with E-state index in [-0.39, 0.29) is 5.82 Å². The van der Waals surface area contributed by atoms with E-state index < -0.39 is 42.3 Å². The van der Waals surface area contributed by atoms with Crippen LogP contribution >= 0.6 is 11.6 Å². The van der Waals surface area contributed by atoms with Crippen LogP contribution in [0.15, 0.2) is 11.0 Å². The normalized spacial score (nSPS) is 32.3. The number of hydrogen-bond donors (Lipinski definition) is 4. The van der Waals surface area contributed by atoms with E-state index in [1.165, 1.54) is 6.92 Å². The van der Waals surface area contributed by atoms with E-state index in [0.717, 1.165) is 10.9 Å². The molecule has 120 valence electrons. The molecule has 1 aliphatic heterocycles. The van der Waals surface area contributed by atoms with Gasteiger partial charge in [-0.15, -0.1) is 0 Å². The van der Waals surface area contributed by atoms with Gasteiger partial charge in [0.2, 0.25) is 0 Å². The third-order valence-corrected chi connectivity index (χ3v) is 3.60. The summed E-state index contributed by atoms with van der Waals surface area (Å²) in [5.74, 6) is 1.21. The molecule has 0 aromatic carbocycles. The van der Waals surface area contributed by atoms with Crippen LogP contribution in [0.3, 0.4) is 0 Å². The third-order valence-electron chi connectivity index (χ3n) is 3.50. The first-order chi connectivity index (χ1) is 10.3. The van der Waals surface area contributed by atoms with Crippen LogP contribution in [0.25, 0.3) is 0 Å². The quantitative estimate of drug-likeness (QED) is 0.468. The maximum atomic E-state index is 11.9. The summed E-state index contributed by atoms with van der Waals surface area (Å²) in [5.41, 5.74) is 2.45. The molecule has 2 rings (SSSR count). The minimum Gasteiger partial charge on any atom is -0.396 e. The summed E-state index contributed by atoms with van der Waals surface area (Å²) in [4.78, 5) is 15.4. The molecule has 2 unspecified atom stereocenters. The number of anilines is 1. The summed E-state index contributed by atoms with van der Waals surface area (Å²) < 4.78 is 6.24.